The van der Waals surface area contributed by atoms with Gasteiger partial charge >= 0.3 is 0 Å². The normalized spacial score (nSPS) is 17.4. The first-order chi connectivity index (χ1) is 11.6. The van der Waals surface area contributed by atoms with E-state index < -0.39 is 0 Å². The molecule has 0 bridgehead atoms. The van der Waals surface area contributed by atoms with Crippen LogP contribution < -0.4 is 10.1 Å². The molecule has 0 saturated carbocycles. The van der Waals surface area contributed by atoms with E-state index in [1.807, 2.05) is 49.4 Å². The molecule has 24 heavy (non-hydrogen) atoms. The number of thioether (sulfide) groups is 1. The Labute approximate surface area is 145 Å². The van der Waals surface area contributed by atoms with Crippen LogP contribution in [0.25, 0.3) is 6.08 Å². The first-order valence-electron chi connectivity index (χ1n) is 7.56. The molecule has 2 aromatic rings. The van der Waals surface area contributed by atoms with Crippen LogP contribution in [0, 0.1) is 13.8 Å². The molecule has 0 radical (unpaired) electrons. The van der Waals surface area contributed by atoms with Crippen LogP contribution in [-0.4, -0.2) is 18.2 Å². The van der Waals surface area contributed by atoms with E-state index in [1.165, 1.54) is 17.3 Å². The van der Waals surface area contributed by atoms with Crippen LogP contribution in [0.5, 0.6) is 5.75 Å². The molecule has 0 aliphatic carbocycles. The third-order valence-electron chi connectivity index (χ3n) is 3.86. The van der Waals surface area contributed by atoms with Crippen molar-refractivity contribution in [3.8, 4) is 5.75 Å². The number of carbonyl (C=O) groups excluding carboxylic acids is 1. The van der Waals surface area contributed by atoms with Crippen LogP contribution in [0.15, 0.2) is 52.4 Å². The summed E-state index contributed by atoms with van der Waals surface area (Å²) in [5.41, 5.74) is 4.12. The fraction of sp³-hybridized carbons (Fsp3) is 0.158. The van der Waals surface area contributed by atoms with Crippen molar-refractivity contribution in [2.75, 3.05) is 7.11 Å². The minimum Gasteiger partial charge on any atom is -0.497 e. The van der Waals surface area contributed by atoms with Gasteiger partial charge in [0, 0.05) is 0 Å². The molecular weight excluding hydrogens is 320 g/mol. The topological polar surface area (TPSA) is 50.7 Å². The van der Waals surface area contributed by atoms with Gasteiger partial charge in [-0.3, -0.25) is 4.79 Å². The van der Waals surface area contributed by atoms with Crippen molar-refractivity contribution in [2.24, 2.45) is 4.99 Å². The van der Waals surface area contributed by atoms with Gasteiger partial charge in [-0.25, -0.2) is 4.99 Å². The third kappa shape index (κ3) is 3.51. The van der Waals surface area contributed by atoms with E-state index in [4.69, 9.17) is 4.74 Å². The molecule has 2 aromatic carbocycles. The van der Waals surface area contributed by atoms with Crippen molar-refractivity contribution in [3.05, 3.63) is 64.1 Å². The monoisotopic (exact) mass is 338 g/mol. The van der Waals surface area contributed by atoms with Crippen molar-refractivity contribution >= 4 is 34.6 Å². The molecule has 0 atom stereocenters. The number of benzene rings is 2. The van der Waals surface area contributed by atoms with E-state index in [2.05, 4.69) is 23.3 Å². The molecule has 0 unspecified atom stereocenters. The van der Waals surface area contributed by atoms with Crippen molar-refractivity contribution in [3.63, 3.8) is 0 Å². The van der Waals surface area contributed by atoms with Gasteiger partial charge < -0.3 is 10.1 Å². The molecule has 1 aliphatic rings. The minimum atomic E-state index is -0.125. The summed E-state index contributed by atoms with van der Waals surface area (Å²) in [5, 5.41) is 3.43. The Bertz CT molecular complexity index is 839. The van der Waals surface area contributed by atoms with Gasteiger partial charge in [0.25, 0.3) is 5.91 Å². The Morgan fingerprint density at radius 2 is 1.88 bits per heavy atom. The van der Waals surface area contributed by atoms with Gasteiger partial charge in [0.1, 0.15) is 5.75 Å². The number of rotatable bonds is 3. The lowest BCUT2D eigenvalue weighted by molar-refractivity contribution is -0.115. The molecule has 1 aliphatic heterocycles. The summed E-state index contributed by atoms with van der Waals surface area (Å²) in [7, 11) is 1.63. The maximum atomic E-state index is 12.1. The Hall–Kier alpha value is -2.53. The van der Waals surface area contributed by atoms with Crippen LogP contribution in [-0.2, 0) is 4.79 Å². The van der Waals surface area contributed by atoms with Gasteiger partial charge in [0.15, 0.2) is 5.17 Å². The Kier molecular flexibility index (Phi) is 4.71. The predicted octanol–water partition coefficient (Wildman–Crippen LogP) is 4.20. The van der Waals surface area contributed by atoms with Crippen molar-refractivity contribution < 1.29 is 9.53 Å². The molecular formula is C19H18N2O2S. The molecule has 0 aromatic heterocycles. The first kappa shape index (κ1) is 16.3. The van der Waals surface area contributed by atoms with E-state index >= 15 is 0 Å². The second-order valence-electron chi connectivity index (χ2n) is 5.47. The van der Waals surface area contributed by atoms with Crippen molar-refractivity contribution in [1.82, 2.24) is 5.32 Å². The molecule has 1 N–H and O–H groups in total. The number of methoxy groups -OCH3 is 1. The molecule has 1 heterocycles. The highest BCUT2D eigenvalue weighted by molar-refractivity contribution is 8.18. The van der Waals surface area contributed by atoms with E-state index in [-0.39, 0.29) is 5.91 Å². The average Bonchev–Trinajstić information content (AvgIpc) is 2.92. The van der Waals surface area contributed by atoms with Crippen LogP contribution in [0.1, 0.15) is 16.7 Å². The summed E-state index contributed by atoms with van der Waals surface area (Å²) in [4.78, 5) is 17.4. The van der Waals surface area contributed by atoms with E-state index in [0.717, 1.165) is 22.6 Å². The van der Waals surface area contributed by atoms with Crippen molar-refractivity contribution in [2.45, 2.75) is 13.8 Å². The summed E-state index contributed by atoms with van der Waals surface area (Å²) in [6.45, 7) is 4.08. The van der Waals surface area contributed by atoms with Gasteiger partial charge in [-0.2, -0.15) is 0 Å². The number of hydrogen-bond donors (Lipinski definition) is 1. The predicted molar refractivity (Wildman–Crippen MR) is 99.7 cm³/mol. The Morgan fingerprint density at radius 1 is 1.12 bits per heavy atom. The molecule has 4 nitrogen and oxygen atoms in total. The molecule has 1 saturated heterocycles. The largest absolute Gasteiger partial charge is 0.497 e. The fourth-order valence-electron chi connectivity index (χ4n) is 2.30. The number of aliphatic imine (C=N–C) groups is 1. The number of nitrogens with one attached hydrogen (secondary N) is 1. The molecule has 1 amide bonds. The second kappa shape index (κ2) is 6.93. The van der Waals surface area contributed by atoms with Crippen molar-refractivity contribution in [1.29, 1.82) is 0 Å². The van der Waals surface area contributed by atoms with Crippen LogP contribution >= 0.6 is 11.8 Å². The standard InChI is InChI=1S/C19H18N2O2S/c1-12-5-4-6-16(13(12)2)20-19-21-18(22)17(24-19)11-14-7-9-15(23-3)10-8-14/h4-11H,1-3H3,(H,20,21,22). The van der Waals surface area contributed by atoms with Gasteiger partial charge in [0.05, 0.1) is 17.7 Å². The quantitative estimate of drug-likeness (QED) is 0.853. The maximum absolute atomic E-state index is 12.1. The third-order valence-corrected chi connectivity index (χ3v) is 4.77. The van der Waals surface area contributed by atoms with Crippen LogP contribution in [0.3, 0.4) is 0 Å². The number of amides is 1. The van der Waals surface area contributed by atoms with E-state index in [9.17, 15) is 4.79 Å². The minimum absolute atomic E-state index is 0.125. The van der Waals surface area contributed by atoms with Gasteiger partial charge in [-0.05, 0) is 66.6 Å². The number of carbonyl (C=O) groups is 1. The average molecular weight is 338 g/mol. The first-order valence-corrected chi connectivity index (χ1v) is 8.38. The van der Waals surface area contributed by atoms with Gasteiger partial charge in [-0.15, -0.1) is 0 Å². The number of amidine groups is 1. The highest BCUT2D eigenvalue weighted by Crippen LogP contribution is 2.30. The van der Waals surface area contributed by atoms with Crippen LogP contribution in [0.2, 0.25) is 0 Å². The number of hydrogen-bond acceptors (Lipinski definition) is 4. The summed E-state index contributed by atoms with van der Waals surface area (Å²) in [5.74, 6) is 0.665. The summed E-state index contributed by atoms with van der Waals surface area (Å²) in [6, 6.07) is 13.5. The lowest BCUT2D eigenvalue weighted by atomic mass is 10.1. The number of nitrogens with zero attached hydrogens (tertiary/aromatic N) is 1. The molecule has 0 spiro atoms. The van der Waals surface area contributed by atoms with E-state index in [0.29, 0.717) is 10.1 Å². The lowest BCUT2D eigenvalue weighted by Gasteiger charge is -2.04. The van der Waals surface area contributed by atoms with Gasteiger partial charge in [0.2, 0.25) is 0 Å². The number of aryl methyl sites for hydroxylation is 1. The molecule has 5 heteroatoms. The molecule has 1 fully saturated rings. The highest BCUT2D eigenvalue weighted by Gasteiger charge is 2.24. The zero-order valence-electron chi connectivity index (χ0n) is 13.8. The van der Waals surface area contributed by atoms with E-state index in [1.54, 1.807) is 7.11 Å². The lowest BCUT2D eigenvalue weighted by Crippen LogP contribution is -2.19. The SMILES string of the molecule is COc1ccc(C=C2SC(=Nc3cccc(C)c3C)NC2=O)cc1. The maximum Gasteiger partial charge on any atom is 0.264 e. The number of ether oxygens (including phenoxy) is 1. The Morgan fingerprint density at radius 3 is 2.58 bits per heavy atom. The van der Waals surface area contributed by atoms with Crippen LogP contribution in [0.4, 0.5) is 5.69 Å². The molecule has 122 valence electrons. The second-order valence-corrected chi connectivity index (χ2v) is 6.50. The summed E-state index contributed by atoms with van der Waals surface area (Å²) >= 11 is 1.35. The highest BCUT2D eigenvalue weighted by atomic mass is 32.2. The zero-order valence-corrected chi connectivity index (χ0v) is 14.6. The smallest absolute Gasteiger partial charge is 0.264 e. The summed E-state index contributed by atoms with van der Waals surface area (Å²) < 4.78 is 5.14. The molecule has 3 rings (SSSR count). The summed E-state index contributed by atoms with van der Waals surface area (Å²) in [6.07, 6.45) is 1.85. The van der Waals surface area contributed by atoms with Gasteiger partial charge in [-0.1, -0.05) is 24.3 Å². The zero-order chi connectivity index (χ0) is 17.1. The Balaban J connectivity index is 1.83. The fourth-order valence-corrected chi connectivity index (χ4v) is 3.13.